The third-order valence-electron chi connectivity index (χ3n) is 6.54. The highest BCUT2D eigenvalue weighted by Crippen LogP contribution is 2.62. The van der Waals surface area contributed by atoms with Crippen molar-refractivity contribution < 1.29 is 14.3 Å². The number of Topliss-reactive ketones (excluding diaryl/α,β-unsaturated/α-hetero) is 1. The minimum atomic E-state index is -0.0933. The summed E-state index contributed by atoms with van der Waals surface area (Å²) < 4.78 is 11.9. The Kier molecular flexibility index (Phi) is 2.38. The van der Waals surface area contributed by atoms with Crippen molar-refractivity contribution in [1.82, 2.24) is 4.90 Å². The van der Waals surface area contributed by atoms with Gasteiger partial charge in [-0.15, -0.1) is 0 Å². The van der Waals surface area contributed by atoms with Crippen LogP contribution in [0.5, 0.6) is 11.5 Å². The maximum atomic E-state index is 12.8. The molecule has 4 atom stereocenters. The SMILES string of the molecule is COc1ccc2c3c1OC1CCC(=O)C4C(C2)N(C)CCC314. The molecule has 116 valence electrons. The molecule has 2 aliphatic heterocycles. The molecular weight excluding hydrogens is 278 g/mol. The van der Waals surface area contributed by atoms with E-state index in [9.17, 15) is 4.79 Å². The number of likely N-dealkylation sites (tertiary alicyclic amines) is 1. The average molecular weight is 299 g/mol. The first-order valence-corrected chi connectivity index (χ1v) is 8.27. The maximum Gasteiger partial charge on any atom is 0.165 e. The molecule has 2 fully saturated rings. The van der Waals surface area contributed by atoms with Crippen LogP contribution in [0.25, 0.3) is 0 Å². The van der Waals surface area contributed by atoms with Gasteiger partial charge in [-0.2, -0.15) is 0 Å². The van der Waals surface area contributed by atoms with Gasteiger partial charge in [-0.05, 0) is 44.5 Å². The van der Waals surface area contributed by atoms with Crippen molar-refractivity contribution in [3.8, 4) is 11.5 Å². The summed E-state index contributed by atoms with van der Waals surface area (Å²) >= 11 is 0. The quantitative estimate of drug-likeness (QED) is 0.794. The molecule has 4 heteroatoms. The molecule has 2 heterocycles. The van der Waals surface area contributed by atoms with Gasteiger partial charge in [0.05, 0.1) is 7.11 Å². The lowest BCUT2D eigenvalue weighted by Gasteiger charge is -2.56. The van der Waals surface area contributed by atoms with E-state index >= 15 is 0 Å². The van der Waals surface area contributed by atoms with Gasteiger partial charge in [0.15, 0.2) is 11.5 Å². The zero-order valence-corrected chi connectivity index (χ0v) is 13.1. The van der Waals surface area contributed by atoms with Crippen molar-refractivity contribution >= 4 is 5.78 Å². The highest BCUT2D eigenvalue weighted by Gasteiger charge is 2.65. The molecule has 1 saturated carbocycles. The maximum absolute atomic E-state index is 12.8. The fourth-order valence-corrected chi connectivity index (χ4v) is 5.64. The molecule has 4 nitrogen and oxygen atoms in total. The van der Waals surface area contributed by atoms with Crippen LogP contribution in [0.1, 0.15) is 30.4 Å². The highest BCUT2D eigenvalue weighted by atomic mass is 16.5. The Labute approximate surface area is 130 Å². The van der Waals surface area contributed by atoms with Crippen molar-refractivity contribution in [2.75, 3.05) is 20.7 Å². The van der Waals surface area contributed by atoms with Gasteiger partial charge in [-0.1, -0.05) is 6.07 Å². The Morgan fingerprint density at radius 3 is 3.09 bits per heavy atom. The fraction of sp³-hybridized carbons (Fsp3) is 0.611. The molecule has 0 radical (unpaired) electrons. The third-order valence-corrected chi connectivity index (χ3v) is 6.54. The van der Waals surface area contributed by atoms with Crippen LogP contribution < -0.4 is 9.47 Å². The standard InChI is InChI=1S/C18H21NO3/c1-19-8-7-18-14-6-4-12(20)16(18)11(19)9-10-3-5-13(21-2)17(22-14)15(10)18/h3,5,11,14,16H,4,6-9H2,1-2H3. The molecule has 4 aliphatic rings. The van der Waals surface area contributed by atoms with E-state index in [0.717, 1.165) is 37.3 Å². The number of carbonyl (C=O) groups excluding carboxylic acids is 1. The number of ketones is 1. The van der Waals surface area contributed by atoms with E-state index in [4.69, 9.17) is 9.47 Å². The molecule has 0 N–H and O–H groups in total. The average Bonchev–Trinajstić information content (AvgIpc) is 2.86. The van der Waals surface area contributed by atoms with Gasteiger partial charge in [0.1, 0.15) is 11.9 Å². The largest absolute Gasteiger partial charge is 0.493 e. The highest BCUT2D eigenvalue weighted by molar-refractivity contribution is 5.87. The van der Waals surface area contributed by atoms with Gasteiger partial charge in [-0.3, -0.25) is 4.79 Å². The molecule has 22 heavy (non-hydrogen) atoms. The number of methoxy groups -OCH3 is 1. The number of hydrogen-bond donors (Lipinski definition) is 0. The molecule has 5 rings (SSSR count). The van der Waals surface area contributed by atoms with Gasteiger partial charge < -0.3 is 14.4 Å². The van der Waals surface area contributed by atoms with Crippen molar-refractivity contribution in [2.45, 2.75) is 43.2 Å². The zero-order chi connectivity index (χ0) is 15.1. The van der Waals surface area contributed by atoms with Crippen LogP contribution in [0, 0.1) is 5.92 Å². The molecule has 1 saturated heterocycles. The van der Waals surface area contributed by atoms with E-state index in [2.05, 4.69) is 18.0 Å². The Balaban J connectivity index is 1.82. The number of benzene rings is 1. The summed E-state index contributed by atoms with van der Waals surface area (Å²) in [5.74, 6) is 2.29. The van der Waals surface area contributed by atoms with E-state index in [0.29, 0.717) is 18.2 Å². The second-order valence-electron chi connectivity index (χ2n) is 7.26. The van der Waals surface area contributed by atoms with Crippen LogP contribution in [0.2, 0.25) is 0 Å². The van der Waals surface area contributed by atoms with E-state index in [1.54, 1.807) is 7.11 Å². The Morgan fingerprint density at radius 2 is 2.27 bits per heavy atom. The smallest absolute Gasteiger partial charge is 0.165 e. The fourth-order valence-electron chi connectivity index (χ4n) is 5.64. The Hall–Kier alpha value is -1.55. The van der Waals surface area contributed by atoms with E-state index < -0.39 is 0 Å². The number of ether oxygens (including phenoxy) is 2. The first-order chi connectivity index (χ1) is 10.7. The summed E-state index contributed by atoms with van der Waals surface area (Å²) in [7, 11) is 3.86. The van der Waals surface area contributed by atoms with E-state index in [1.165, 1.54) is 11.1 Å². The van der Waals surface area contributed by atoms with Crippen molar-refractivity contribution in [3.05, 3.63) is 23.3 Å². The van der Waals surface area contributed by atoms with E-state index in [1.807, 2.05) is 6.07 Å². The molecule has 1 aromatic rings. The van der Waals surface area contributed by atoms with Gasteiger partial charge in [-0.25, -0.2) is 0 Å². The molecular formula is C18H21NO3. The van der Waals surface area contributed by atoms with E-state index in [-0.39, 0.29) is 17.4 Å². The predicted octanol–water partition coefficient (Wildman–Crippen LogP) is 1.93. The molecule has 4 unspecified atom stereocenters. The van der Waals surface area contributed by atoms with Crippen molar-refractivity contribution in [1.29, 1.82) is 0 Å². The monoisotopic (exact) mass is 299 g/mol. The second kappa shape index (κ2) is 4.05. The summed E-state index contributed by atoms with van der Waals surface area (Å²) in [6.45, 7) is 1.05. The number of likely N-dealkylation sites (N-methyl/N-ethyl adjacent to an activating group) is 1. The number of nitrogens with zero attached hydrogens (tertiary/aromatic N) is 1. The lowest BCUT2D eigenvalue weighted by atomic mass is 9.51. The summed E-state index contributed by atoms with van der Waals surface area (Å²) in [5, 5.41) is 0. The first-order valence-electron chi connectivity index (χ1n) is 8.27. The molecule has 2 bridgehead atoms. The number of piperidine rings is 1. The Bertz CT molecular complexity index is 685. The molecule has 0 aromatic heterocycles. The summed E-state index contributed by atoms with van der Waals surface area (Å²) in [6.07, 6.45) is 3.64. The number of hydrogen-bond acceptors (Lipinski definition) is 4. The predicted molar refractivity (Wildman–Crippen MR) is 81.6 cm³/mol. The van der Waals surface area contributed by atoms with Crippen LogP contribution in [0.15, 0.2) is 12.1 Å². The third kappa shape index (κ3) is 1.27. The minimum absolute atomic E-state index is 0.0933. The summed E-state index contributed by atoms with van der Waals surface area (Å²) in [4.78, 5) is 15.2. The van der Waals surface area contributed by atoms with Gasteiger partial charge in [0, 0.05) is 29.4 Å². The van der Waals surface area contributed by atoms with Crippen LogP contribution in [0.3, 0.4) is 0 Å². The second-order valence-corrected chi connectivity index (χ2v) is 7.26. The molecule has 1 aromatic carbocycles. The lowest BCUT2D eigenvalue weighted by Crippen LogP contribution is -2.66. The van der Waals surface area contributed by atoms with Crippen LogP contribution in [-0.2, 0) is 16.6 Å². The first kappa shape index (κ1) is 12.9. The minimum Gasteiger partial charge on any atom is -0.493 e. The van der Waals surface area contributed by atoms with Crippen LogP contribution >= 0.6 is 0 Å². The lowest BCUT2D eigenvalue weighted by molar-refractivity contribution is -0.139. The topological polar surface area (TPSA) is 38.8 Å². The van der Waals surface area contributed by atoms with Gasteiger partial charge in [0.25, 0.3) is 0 Å². The van der Waals surface area contributed by atoms with Crippen molar-refractivity contribution in [3.63, 3.8) is 0 Å². The normalized spacial score (nSPS) is 38.5. The van der Waals surface area contributed by atoms with Crippen LogP contribution in [-0.4, -0.2) is 43.5 Å². The Morgan fingerprint density at radius 1 is 1.41 bits per heavy atom. The zero-order valence-electron chi connectivity index (χ0n) is 13.1. The number of rotatable bonds is 1. The number of carbonyl (C=O) groups is 1. The van der Waals surface area contributed by atoms with Gasteiger partial charge in [0.2, 0.25) is 0 Å². The summed E-state index contributed by atoms with van der Waals surface area (Å²) in [5.41, 5.74) is 2.57. The molecule has 2 aliphatic carbocycles. The van der Waals surface area contributed by atoms with Crippen molar-refractivity contribution in [2.24, 2.45) is 5.92 Å². The summed E-state index contributed by atoms with van der Waals surface area (Å²) in [6, 6.07) is 4.55. The molecule has 1 spiro atoms. The van der Waals surface area contributed by atoms with Crippen LogP contribution in [0.4, 0.5) is 0 Å². The molecule has 0 amide bonds. The van der Waals surface area contributed by atoms with Gasteiger partial charge >= 0.3 is 0 Å².